The second-order valence-corrected chi connectivity index (χ2v) is 9.79. The fourth-order valence-corrected chi connectivity index (χ4v) is 5.71. The number of hydrogen-bond acceptors (Lipinski definition) is 4. The van der Waals surface area contributed by atoms with Crippen LogP contribution in [-0.2, 0) is 22.6 Å². The van der Waals surface area contributed by atoms with Gasteiger partial charge in [-0.3, -0.25) is 0 Å². The summed E-state index contributed by atoms with van der Waals surface area (Å²) in [5.41, 5.74) is 0.228. The number of benzene rings is 1. The van der Waals surface area contributed by atoms with Crippen LogP contribution in [0.2, 0.25) is 0 Å². The summed E-state index contributed by atoms with van der Waals surface area (Å²) in [5.74, 6) is 0.933. The standard InChI is InChI=1S/C20H22F3N3O2S/c21-20(22,23)18-6-7-19(24-10-18)25-11-16-13-26(14-17(16)12-25)29(27,28)9-8-15-4-2-1-3-5-15/h1-7,10,16-17H,8-9,11-14H2. The Morgan fingerprint density at radius 1 is 0.966 bits per heavy atom. The fraction of sp³-hybridized carbons (Fsp3) is 0.450. The van der Waals surface area contributed by atoms with E-state index in [1.54, 1.807) is 4.31 Å². The maximum absolute atomic E-state index is 12.7. The molecule has 0 bridgehead atoms. The highest BCUT2D eigenvalue weighted by Crippen LogP contribution is 2.35. The van der Waals surface area contributed by atoms with Crippen LogP contribution in [0.4, 0.5) is 19.0 Å². The molecule has 9 heteroatoms. The molecule has 2 atom stereocenters. The normalized spacial score (nSPS) is 22.8. The molecule has 0 amide bonds. The van der Waals surface area contributed by atoms with Gasteiger partial charge in [-0.25, -0.2) is 17.7 Å². The number of halogens is 3. The van der Waals surface area contributed by atoms with Gasteiger partial charge in [0, 0.05) is 32.4 Å². The van der Waals surface area contributed by atoms with Gasteiger partial charge in [-0.05, 0) is 36.0 Å². The fourth-order valence-electron chi connectivity index (χ4n) is 4.13. The van der Waals surface area contributed by atoms with Crippen molar-refractivity contribution >= 4 is 15.8 Å². The Kier molecular flexibility index (Phi) is 5.29. The highest BCUT2D eigenvalue weighted by atomic mass is 32.2. The number of hydrogen-bond donors (Lipinski definition) is 0. The van der Waals surface area contributed by atoms with Crippen molar-refractivity contribution in [3.8, 4) is 0 Å². The first-order valence-electron chi connectivity index (χ1n) is 9.52. The van der Waals surface area contributed by atoms with Crippen LogP contribution in [0.1, 0.15) is 11.1 Å². The third-order valence-corrected chi connectivity index (χ3v) is 7.54. The minimum atomic E-state index is -4.40. The summed E-state index contributed by atoms with van der Waals surface area (Å²) in [4.78, 5) is 5.91. The van der Waals surface area contributed by atoms with Gasteiger partial charge in [-0.1, -0.05) is 30.3 Å². The summed E-state index contributed by atoms with van der Waals surface area (Å²) in [5, 5.41) is 0. The van der Waals surface area contributed by atoms with E-state index >= 15 is 0 Å². The number of aromatic nitrogens is 1. The van der Waals surface area contributed by atoms with Crippen LogP contribution in [-0.4, -0.2) is 49.6 Å². The molecule has 2 aliphatic heterocycles. The zero-order valence-corrected chi connectivity index (χ0v) is 16.5. The number of alkyl halides is 3. The van der Waals surface area contributed by atoms with E-state index in [0.29, 0.717) is 38.4 Å². The molecule has 0 saturated carbocycles. The molecule has 2 saturated heterocycles. The van der Waals surface area contributed by atoms with Gasteiger partial charge < -0.3 is 4.90 Å². The van der Waals surface area contributed by atoms with Crippen molar-refractivity contribution < 1.29 is 21.6 Å². The van der Waals surface area contributed by atoms with E-state index in [1.807, 2.05) is 35.2 Å². The average Bonchev–Trinajstić information content (AvgIpc) is 3.27. The Labute approximate surface area is 168 Å². The predicted octanol–water partition coefficient (Wildman–Crippen LogP) is 3.04. The Balaban J connectivity index is 1.35. The highest BCUT2D eigenvalue weighted by Gasteiger charge is 2.44. The first-order valence-corrected chi connectivity index (χ1v) is 11.1. The molecule has 3 heterocycles. The van der Waals surface area contributed by atoms with E-state index in [-0.39, 0.29) is 17.6 Å². The summed E-state index contributed by atoms with van der Waals surface area (Å²) in [6.45, 7) is 2.12. The molecule has 0 radical (unpaired) electrons. The molecule has 0 spiro atoms. The van der Waals surface area contributed by atoms with Crippen LogP contribution in [0.5, 0.6) is 0 Å². The molecule has 1 aromatic carbocycles. The van der Waals surface area contributed by atoms with Crippen LogP contribution in [0.25, 0.3) is 0 Å². The number of fused-ring (bicyclic) bond motifs is 1. The van der Waals surface area contributed by atoms with Gasteiger partial charge in [0.25, 0.3) is 0 Å². The second kappa shape index (κ2) is 7.60. The first-order chi connectivity index (χ1) is 13.7. The lowest BCUT2D eigenvalue weighted by atomic mass is 10.0. The van der Waals surface area contributed by atoms with Crippen molar-refractivity contribution in [1.82, 2.24) is 9.29 Å². The van der Waals surface area contributed by atoms with Gasteiger partial charge in [0.2, 0.25) is 10.0 Å². The lowest BCUT2D eigenvalue weighted by Gasteiger charge is -2.22. The SMILES string of the molecule is O=S(=O)(CCc1ccccc1)N1CC2CN(c3ccc(C(F)(F)F)cn3)CC2C1. The molecule has 2 fully saturated rings. The Morgan fingerprint density at radius 3 is 2.17 bits per heavy atom. The maximum atomic E-state index is 12.7. The van der Waals surface area contributed by atoms with Crippen LogP contribution < -0.4 is 4.90 Å². The molecule has 0 aliphatic carbocycles. The molecular formula is C20H22F3N3O2S. The molecule has 4 rings (SSSR count). The van der Waals surface area contributed by atoms with Gasteiger partial charge in [-0.2, -0.15) is 13.2 Å². The van der Waals surface area contributed by atoms with E-state index < -0.39 is 21.8 Å². The molecule has 5 nitrogen and oxygen atoms in total. The minimum Gasteiger partial charge on any atom is -0.356 e. The summed E-state index contributed by atoms with van der Waals surface area (Å²) in [6, 6.07) is 12.0. The predicted molar refractivity (Wildman–Crippen MR) is 104 cm³/mol. The summed E-state index contributed by atoms with van der Waals surface area (Å²) >= 11 is 0. The van der Waals surface area contributed by atoms with Crippen molar-refractivity contribution in [3.63, 3.8) is 0 Å². The topological polar surface area (TPSA) is 53.5 Å². The van der Waals surface area contributed by atoms with Gasteiger partial charge in [0.15, 0.2) is 0 Å². The summed E-state index contributed by atoms with van der Waals surface area (Å²) in [6.07, 6.45) is -3.07. The lowest BCUT2D eigenvalue weighted by molar-refractivity contribution is -0.137. The molecule has 2 aliphatic rings. The van der Waals surface area contributed by atoms with Gasteiger partial charge >= 0.3 is 6.18 Å². The van der Waals surface area contributed by atoms with Crippen molar-refractivity contribution in [3.05, 3.63) is 59.8 Å². The molecule has 0 N–H and O–H groups in total. The third kappa shape index (κ3) is 4.40. The monoisotopic (exact) mass is 425 g/mol. The van der Waals surface area contributed by atoms with Gasteiger partial charge in [-0.15, -0.1) is 0 Å². The van der Waals surface area contributed by atoms with Crippen LogP contribution in [0.3, 0.4) is 0 Å². The number of pyridine rings is 1. The number of aryl methyl sites for hydroxylation is 1. The smallest absolute Gasteiger partial charge is 0.356 e. The number of nitrogens with zero attached hydrogens (tertiary/aromatic N) is 3. The van der Waals surface area contributed by atoms with Crippen molar-refractivity contribution in [2.45, 2.75) is 12.6 Å². The Morgan fingerprint density at radius 2 is 1.62 bits per heavy atom. The lowest BCUT2D eigenvalue weighted by Crippen LogP contribution is -2.35. The Hall–Kier alpha value is -2.13. The van der Waals surface area contributed by atoms with Crippen LogP contribution >= 0.6 is 0 Å². The molecule has 29 heavy (non-hydrogen) atoms. The minimum absolute atomic E-state index is 0.0840. The number of rotatable bonds is 5. The van der Waals surface area contributed by atoms with Crippen LogP contribution in [0, 0.1) is 11.8 Å². The number of anilines is 1. The van der Waals surface area contributed by atoms with Crippen LogP contribution in [0.15, 0.2) is 48.7 Å². The Bertz CT molecular complexity index is 935. The van der Waals surface area contributed by atoms with Gasteiger partial charge in [0.1, 0.15) is 5.82 Å². The summed E-state index contributed by atoms with van der Waals surface area (Å²) < 4.78 is 65.1. The average molecular weight is 425 g/mol. The van der Waals surface area contributed by atoms with E-state index in [9.17, 15) is 21.6 Å². The zero-order valence-electron chi connectivity index (χ0n) is 15.7. The second-order valence-electron chi connectivity index (χ2n) is 7.70. The van der Waals surface area contributed by atoms with E-state index in [1.165, 1.54) is 6.07 Å². The quantitative estimate of drug-likeness (QED) is 0.739. The largest absolute Gasteiger partial charge is 0.417 e. The molecule has 2 unspecified atom stereocenters. The van der Waals surface area contributed by atoms with Gasteiger partial charge in [0.05, 0.1) is 11.3 Å². The molecule has 2 aromatic rings. The maximum Gasteiger partial charge on any atom is 0.417 e. The van der Waals surface area contributed by atoms with Crippen molar-refractivity contribution in [1.29, 1.82) is 0 Å². The number of sulfonamides is 1. The molecule has 1 aromatic heterocycles. The van der Waals surface area contributed by atoms with E-state index in [0.717, 1.165) is 17.8 Å². The zero-order chi connectivity index (χ0) is 20.6. The molecular weight excluding hydrogens is 403 g/mol. The first kappa shape index (κ1) is 20.2. The van der Waals surface area contributed by atoms with E-state index in [4.69, 9.17) is 0 Å². The summed E-state index contributed by atoms with van der Waals surface area (Å²) in [7, 11) is -3.33. The molecule has 156 valence electrons. The van der Waals surface area contributed by atoms with E-state index in [2.05, 4.69) is 4.98 Å². The third-order valence-electron chi connectivity index (χ3n) is 5.74. The highest BCUT2D eigenvalue weighted by molar-refractivity contribution is 7.89. The van der Waals surface area contributed by atoms with Crippen molar-refractivity contribution in [2.75, 3.05) is 36.8 Å². The van der Waals surface area contributed by atoms with Crippen molar-refractivity contribution in [2.24, 2.45) is 11.8 Å².